The Balaban J connectivity index is 1.83. The number of halogens is 1. The Labute approximate surface area is 144 Å². The van der Waals surface area contributed by atoms with Crippen molar-refractivity contribution >= 4 is 17.6 Å². The number of amides is 1. The summed E-state index contributed by atoms with van der Waals surface area (Å²) < 4.78 is 18.4. The summed E-state index contributed by atoms with van der Waals surface area (Å²) in [6.45, 7) is 2.02. The van der Waals surface area contributed by atoms with Crippen molar-refractivity contribution in [2.45, 2.75) is 19.3 Å². The molecule has 4 rings (SSSR count). The number of nitrogens with zero attached hydrogens (tertiary/aromatic N) is 1. The lowest BCUT2D eigenvalue weighted by Crippen LogP contribution is -2.37. The number of hydrogen-bond acceptors (Lipinski definition) is 3. The lowest BCUT2D eigenvalue weighted by Gasteiger charge is -2.32. The van der Waals surface area contributed by atoms with Crippen LogP contribution in [0.2, 0.25) is 0 Å². The van der Waals surface area contributed by atoms with Gasteiger partial charge in [-0.1, -0.05) is 24.3 Å². The van der Waals surface area contributed by atoms with Crippen molar-refractivity contribution in [2.24, 2.45) is 0 Å². The van der Waals surface area contributed by atoms with E-state index in [-0.39, 0.29) is 24.8 Å². The van der Waals surface area contributed by atoms with Gasteiger partial charge in [0.25, 0.3) is 0 Å². The number of carbonyl (C=O) groups excluding carboxylic acids is 2. The summed E-state index contributed by atoms with van der Waals surface area (Å²) in [6.07, 6.45) is 0.146. The molecule has 0 fully saturated rings. The zero-order valence-corrected chi connectivity index (χ0v) is 13.7. The molecule has 0 unspecified atom stereocenters. The molecule has 2 heterocycles. The number of benzene rings is 2. The minimum absolute atomic E-state index is 0.0749. The molecule has 0 saturated heterocycles. The summed E-state index contributed by atoms with van der Waals surface area (Å²) in [5.41, 5.74) is 3.57. The second-order valence-electron chi connectivity index (χ2n) is 6.31. The van der Waals surface area contributed by atoms with Gasteiger partial charge in [0.2, 0.25) is 5.91 Å². The minimum atomic E-state index is -0.408. The number of rotatable bonds is 2. The third-order valence-electron chi connectivity index (χ3n) is 4.65. The van der Waals surface area contributed by atoms with Crippen molar-refractivity contribution in [3.05, 3.63) is 76.7 Å². The minimum Gasteiger partial charge on any atom is -0.456 e. The SMILES string of the molecule is Cc1cccc(N2C(=O)C[C@H](c3ccc(F)cc3)C3=C2COC3=O)c1. The Morgan fingerprint density at radius 2 is 1.88 bits per heavy atom. The molecule has 2 aromatic rings. The van der Waals surface area contributed by atoms with E-state index in [0.717, 1.165) is 16.8 Å². The van der Waals surface area contributed by atoms with Gasteiger partial charge in [-0.2, -0.15) is 0 Å². The number of hydrogen-bond donors (Lipinski definition) is 0. The van der Waals surface area contributed by atoms with Crippen molar-refractivity contribution < 1.29 is 18.7 Å². The van der Waals surface area contributed by atoms with Gasteiger partial charge in [0.1, 0.15) is 12.4 Å². The monoisotopic (exact) mass is 337 g/mol. The molecular formula is C20H16FNO3. The van der Waals surface area contributed by atoms with E-state index in [2.05, 4.69) is 0 Å². The lowest BCUT2D eigenvalue weighted by atomic mass is 9.84. The van der Waals surface area contributed by atoms with E-state index in [9.17, 15) is 14.0 Å². The molecule has 0 radical (unpaired) electrons. The molecule has 4 nitrogen and oxygen atoms in total. The van der Waals surface area contributed by atoms with Gasteiger partial charge in [0.15, 0.2) is 0 Å². The van der Waals surface area contributed by atoms with Crippen molar-refractivity contribution in [3.8, 4) is 0 Å². The lowest BCUT2D eigenvalue weighted by molar-refractivity contribution is -0.136. The van der Waals surface area contributed by atoms with Crippen LogP contribution in [0.1, 0.15) is 23.5 Å². The van der Waals surface area contributed by atoms with Crippen LogP contribution in [0.15, 0.2) is 59.8 Å². The highest BCUT2D eigenvalue weighted by molar-refractivity contribution is 6.06. The van der Waals surface area contributed by atoms with E-state index in [4.69, 9.17) is 4.74 Å². The Kier molecular flexibility index (Phi) is 3.64. The highest BCUT2D eigenvalue weighted by Gasteiger charge is 2.42. The van der Waals surface area contributed by atoms with E-state index >= 15 is 0 Å². The van der Waals surface area contributed by atoms with Gasteiger partial charge in [0, 0.05) is 18.0 Å². The van der Waals surface area contributed by atoms with Gasteiger partial charge < -0.3 is 4.74 Å². The van der Waals surface area contributed by atoms with Crippen LogP contribution in [-0.4, -0.2) is 18.5 Å². The van der Waals surface area contributed by atoms with E-state index in [1.54, 1.807) is 17.0 Å². The van der Waals surface area contributed by atoms with E-state index in [0.29, 0.717) is 11.3 Å². The predicted molar refractivity (Wildman–Crippen MR) is 90.4 cm³/mol. The maximum atomic E-state index is 13.2. The van der Waals surface area contributed by atoms with E-state index in [1.807, 2.05) is 31.2 Å². The molecule has 0 saturated carbocycles. The molecule has 5 heteroatoms. The van der Waals surface area contributed by atoms with Crippen LogP contribution in [0.25, 0.3) is 0 Å². The van der Waals surface area contributed by atoms with Crippen molar-refractivity contribution in [1.29, 1.82) is 0 Å². The Bertz CT molecular complexity index is 901. The summed E-state index contributed by atoms with van der Waals surface area (Å²) in [6, 6.07) is 13.5. The fourth-order valence-electron chi connectivity index (χ4n) is 3.50. The van der Waals surface area contributed by atoms with Crippen molar-refractivity contribution in [3.63, 3.8) is 0 Å². The van der Waals surface area contributed by atoms with Gasteiger partial charge in [-0.15, -0.1) is 0 Å². The third-order valence-corrected chi connectivity index (χ3v) is 4.65. The molecule has 0 aliphatic carbocycles. The van der Waals surface area contributed by atoms with Crippen LogP contribution in [0, 0.1) is 12.7 Å². The molecule has 0 spiro atoms. The first-order valence-electron chi connectivity index (χ1n) is 8.10. The van der Waals surface area contributed by atoms with Crippen LogP contribution in [0.3, 0.4) is 0 Å². The number of aryl methyl sites for hydroxylation is 1. The number of ether oxygens (including phenoxy) is 1. The van der Waals surface area contributed by atoms with Gasteiger partial charge >= 0.3 is 5.97 Å². The van der Waals surface area contributed by atoms with Crippen LogP contribution in [-0.2, 0) is 14.3 Å². The Morgan fingerprint density at radius 3 is 2.60 bits per heavy atom. The molecule has 1 amide bonds. The molecule has 2 aromatic carbocycles. The molecular weight excluding hydrogens is 321 g/mol. The fourth-order valence-corrected chi connectivity index (χ4v) is 3.50. The zero-order valence-electron chi connectivity index (χ0n) is 13.7. The molecule has 0 bridgehead atoms. The molecule has 1 atom stereocenters. The molecule has 2 aliphatic heterocycles. The first-order chi connectivity index (χ1) is 12.0. The van der Waals surface area contributed by atoms with Crippen molar-refractivity contribution in [2.75, 3.05) is 11.5 Å². The number of carbonyl (C=O) groups is 2. The Hall–Kier alpha value is -2.95. The topological polar surface area (TPSA) is 46.6 Å². The number of esters is 1. The molecule has 2 aliphatic rings. The maximum Gasteiger partial charge on any atom is 0.336 e. The van der Waals surface area contributed by atoms with Gasteiger partial charge in [-0.25, -0.2) is 9.18 Å². The first-order valence-corrected chi connectivity index (χ1v) is 8.10. The normalized spacial score (nSPS) is 19.9. The number of cyclic esters (lactones) is 1. The highest BCUT2D eigenvalue weighted by atomic mass is 19.1. The van der Waals surface area contributed by atoms with Gasteiger partial charge in [-0.3, -0.25) is 9.69 Å². The molecule has 126 valence electrons. The third kappa shape index (κ3) is 2.61. The highest BCUT2D eigenvalue weighted by Crippen LogP contribution is 2.41. The zero-order chi connectivity index (χ0) is 17.6. The quantitative estimate of drug-likeness (QED) is 0.789. The van der Waals surface area contributed by atoms with Gasteiger partial charge in [-0.05, 0) is 42.3 Å². The summed E-state index contributed by atoms with van der Waals surface area (Å²) in [4.78, 5) is 26.8. The maximum absolute atomic E-state index is 13.2. The van der Waals surface area contributed by atoms with Crippen LogP contribution in [0.5, 0.6) is 0 Å². The first kappa shape index (κ1) is 15.6. The largest absolute Gasteiger partial charge is 0.456 e. The molecule has 0 aromatic heterocycles. The summed E-state index contributed by atoms with van der Waals surface area (Å²) in [5.74, 6) is -1.26. The summed E-state index contributed by atoms with van der Waals surface area (Å²) in [5, 5.41) is 0. The van der Waals surface area contributed by atoms with E-state index in [1.165, 1.54) is 12.1 Å². The number of anilines is 1. The van der Waals surface area contributed by atoms with Gasteiger partial charge in [0.05, 0.1) is 11.3 Å². The predicted octanol–water partition coefficient (Wildman–Crippen LogP) is 3.47. The summed E-state index contributed by atoms with van der Waals surface area (Å²) >= 11 is 0. The van der Waals surface area contributed by atoms with Crippen LogP contribution < -0.4 is 4.90 Å². The molecule has 0 N–H and O–H groups in total. The standard InChI is InChI=1S/C20H16FNO3/c1-12-3-2-4-15(9-12)22-17-11-25-20(24)19(17)16(10-18(22)23)13-5-7-14(21)8-6-13/h2-9,16H,10-11H2,1H3/t16-/m1/s1. The van der Waals surface area contributed by atoms with E-state index < -0.39 is 11.9 Å². The second-order valence-corrected chi connectivity index (χ2v) is 6.31. The smallest absolute Gasteiger partial charge is 0.336 e. The average Bonchev–Trinajstić information content (AvgIpc) is 2.96. The molecule has 25 heavy (non-hydrogen) atoms. The summed E-state index contributed by atoms with van der Waals surface area (Å²) in [7, 11) is 0. The van der Waals surface area contributed by atoms with Crippen molar-refractivity contribution in [1.82, 2.24) is 0 Å². The van der Waals surface area contributed by atoms with Crippen LogP contribution in [0.4, 0.5) is 10.1 Å². The fraction of sp³-hybridized carbons (Fsp3) is 0.200. The second kappa shape index (κ2) is 5.84. The van der Waals surface area contributed by atoms with Crippen LogP contribution >= 0.6 is 0 Å². The Morgan fingerprint density at radius 1 is 1.12 bits per heavy atom. The average molecular weight is 337 g/mol.